The van der Waals surface area contributed by atoms with Gasteiger partial charge in [0.2, 0.25) is 0 Å². The van der Waals surface area contributed by atoms with Crippen LogP contribution < -0.4 is 0 Å². The number of nitrogens with zero attached hydrogens (tertiary/aromatic N) is 2. The highest BCUT2D eigenvalue weighted by molar-refractivity contribution is 9.10. The number of esters is 1. The number of fused-ring (bicyclic) bond motifs is 1. The van der Waals surface area contributed by atoms with Gasteiger partial charge in [0, 0.05) is 4.47 Å². The summed E-state index contributed by atoms with van der Waals surface area (Å²) >= 11 is 3.36. The van der Waals surface area contributed by atoms with Crippen LogP contribution in [0.5, 0.6) is 0 Å². The molecule has 2 aliphatic heterocycles. The Bertz CT molecular complexity index is 1140. The number of rotatable bonds is 5. The van der Waals surface area contributed by atoms with Gasteiger partial charge in [-0.25, -0.2) is 13.2 Å². The number of ether oxygens (including phenoxy) is 1. The Kier molecular flexibility index (Phi) is 6.67. The number of halogens is 1. The van der Waals surface area contributed by atoms with E-state index in [1.165, 1.54) is 13.0 Å². The van der Waals surface area contributed by atoms with E-state index in [1.807, 2.05) is 24.3 Å². The number of β-lactam (4-membered cyclic amide) rings is 1. The molecule has 2 heterocycles. The van der Waals surface area contributed by atoms with Crippen LogP contribution in [0, 0.1) is 0 Å². The molecule has 172 valence electrons. The average Bonchev–Trinajstić information content (AvgIpc) is 2.65. The van der Waals surface area contributed by atoms with Crippen LogP contribution >= 0.6 is 15.9 Å². The third kappa shape index (κ3) is 5.12. The average molecular weight is 525 g/mol. The Balaban J connectivity index is 1.80. The Morgan fingerprint density at radius 1 is 1.28 bits per heavy atom. The SMILES string of the molecule is CC1=C(C(=O)OC(C)(C)C)N2C(=O)/C(=C/C(C)=N/OCc3ccc(Br)cc3)C2S(=O)(=O)C1. The lowest BCUT2D eigenvalue weighted by Crippen LogP contribution is -2.62. The standard InChI is InChI=1S/C22H25BrN2O6S/c1-13-12-32(28,29)20-17(19(26)25(20)18(13)21(27)31-22(3,4)5)10-14(2)24-30-11-15-6-8-16(23)9-7-15/h6-10,20H,11-12H2,1-5H3/b17-10-,24-14+. The molecule has 1 fully saturated rings. The van der Waals surface area contributed by atoms with Gasteiger partial charge in [-0.05, 0) is 64.0 Å². The van der Waals surface area contributed by atoms with Crippen LogP contribution in [0.25, 0.3) is 0 Å². The van der Waals surface area contributed by atoms with Gasteiger partial charge in [-0.2, -0.15) is 0 Å². The van der Waals surface area contributed by atoms with Crippen molar-refractivity contribution in [3.05, 3.63) is 57.2 Å². The summed E-state index contributed by atoms with van der Waals surface area (Å²) in [7, 11) is -3.71. The molecule has 1 amide bonds. The third-order valence-electron chi connectivity index (χ3n) is 4.68. The minimum Gasteiger partial charge on any atom is -0.455 e. The molecule has 0 radical (unpaired) electrons. The molecule has 0 aromatic heterocycles. The summed E-state index contributed by atoms with van der Waals surface area (Å²) in [5.74, 6) is -1.62. The van der Waals surface area contributed by atoms with E-state index < -0.39 is 32.7 Å². The van der Waals surface area contributed by atoms with E-state index in [9.17, 15) is 18.0 Å². The molecule has 0 saturated carbocycles. The van der Waals surface area contributed by atoms with Crippen molar-refractivity contribution in [2.75, 3.05) is 5.75 Å². The van der Waals surface area contributed by atoms with E-state index in [-0.39, 0.29) is 29.2 Å². The summed E-state index contributed by atoms with van der Waals surface area (Å²) in [6, 6.07) is 7.51. The largest absolute Gasteiger partial charge is 0.455 e. The second-order valence-electron chi connectivity index (χ2n) is 8.70. The first-order valence-electron chi connectivity index (χ1n) is 9.91. The molecule has 0 N–H and O–H groups in total. The molecular formula is C22H25BrN2O6S. The molecule has 1 atom stereocenters. The molecule has 0 spiro atoms. The summed E-state index contributed by atoms with van der Waals surface area (Å²) in [5.41, 5.74) is 0.783. The van der Waals surface area contributed by atoms with Crippen LogP contribution in [-0.2, 0) is 35.6 Å². The number of benzene rings is 1. The highest BCUT2D eigenvalue weighted by atomic mass is 79.9. The Hall–Kier alpha value is -2.46. The molecule has 3 rings (SSSR count). The monoisotopic (exact) mass is 524 g/mol. The normalized spacial score (nSPS) is 21.9. The second-order valence-corrected chi connectivity index (χ2v) is 11.7. The fraction of sp³-hybridized carbons (Fsp3) is 0.409. The van der Waals surface area contributed by atoms with Crippen molar-refractivity contribution < 1.29 is 27.6 Å². The molecule has 1 unspecified atom stereocenters. The quantitative estimate of drug-likeness (QED) is 0.192. The van der Waals surface area contributed by atoms with Crippen molar-refractivity contribution in [2.24, 2.45) is 5.16 Å². The molecule has 32 heavy (non-hydrogen) atoms. The minimum absolute atomic E-state index is 0.0111. The zero-order chi connectivity index (χ0) is 23.8. The van der Waals surface area contributed by atoms with Gasteiger partial charge < -0.3 is 9.57 Å². The molecule has 10 heteroatoms. The van der Waals surface area contributed by atoms with E-state index in [1.54, 1.807) is 27.7 Å². The number of oxime groups is 1. The topological polar surface area (TPSA) is 102 Å². The Morgan fingerprint density at radius 3 is 2.50 bits per heavy atom. The molecule has 0 aliphatic carbocycles. The lowest BCUT2D eigenvalue weighted by atomic mass is 10.0. The molecule has 0 bridgehead atoms. The summed E-state index contributed by atoms with van der Waals surface area (Å²) < 4.78 is 31.9. The first kappa shape index (κ1) is 24.2. The highest BCUT2D eigenvalue weighted by Crippen LogP contribution is 2.40. The van der Waals surface area contributed by atoms with Gasteiger partial charge in [-0.3, -0.25) is 9.69 Å². The molecular weight excluding hydrogens is 500 g/mol. The van der Waals surface area contributed by atoms with Gasteiger partial charge in [-0.15, -0.1) is 0 Å². The highest BCUT2D eigenvalue weighted by Gasteiger charge is 2.56. The number of allylic oxidation sites excluding steroid dienone is 1. The zero-order valence-corrected chi connectivity index (χ0v) is 20.9. The maximum atomic E-state index is 12.8. The van der Waals surface area contributed by atoms with Gasteiger partial charge in [0.05, 0.1) is 17.0 Å². The van der Waals surface area contributed by atoms with Crippen LogP contribution in [0.1, 0.15) is 40.2 Å². The number of hydrogen-bond donors (Lipinski definition) is 0. The van der Waals surface area contributed by atoms with Crippen LogP contribution in [-0.4, -0.2) is 47.6 Å². The molecule has 1 aromatic rings. The number of carbonyl (C=O) groups is 2. The molecule has 8 nitrogen and oxygen atoms in total. The van der Waals surface area contributed by atoms with E-state index in [4.69, 9.17) is 9.57 Å². The van der Waals surface area contributed by atoms with E-state index >= 15 is 0 Å². The molecule has 2 aliphatic rings. The van der Waals surface area contributed by atoms with E-state index in [0.717, 1.165) is 14.9 Å². The van der Waals surface area contributed by atoms with Gasteiger partial charge in [0.15, 0.2) is 15.2 Å². The van der Waals surface area contributed by atoms with Crippen LogP contribution in [0.3, 0.4) is 0 Å². The number of sulfone groups is 1. The summed E-state index contributed by atoms with van der Waals surface area (Å²) in [4.78, 5) is 31.8. The van der Waals surface area contributed by atoms with Crippen molar-refractivity contribution in [2.45, 2.75) is 52.2 Å². The van der Waals surface area contributed by atoms with Crippen molar-refractivity contribution in [3.8, 4) is 0 Å². The van der Waals surface area contributed by atoms with Gasteiger partial charge in [0.25, 0.3) is 5.91 Å². The summed E-state index contributed by atoms with van der Waals surface area (Å²) in [5, 5.41) is 2.72. The van der Waals surface area contributed by atoms with Gasteiger partial charge >= 0.3 is 5.97 Å². The smallest absolute Gasteiger partial charge is 0.355 e. The van der Waals surface area contributed by atoms with Crippen molar-refractivity contribution >= 4 is 43.4 Å². The predicted octanol–water partition coefficient (Wildman–Crippen LogP) is 3.48. The number of carbonyl (C=O) groups excluding carboxylic acids is 2. The van der Waals surface area contributed by atoms with Crippen LogP contribution in [0.4, 0.5) is 0 Å². The van der Waals surface area contributed by atoms with Gasteiger partial charge in [-0.1, -0.05) is 33.2 Å². The molecule has 1 aromatic carbocycles. The maximum Gasteiger partial charge on any atom is 0.355 e. The first-order valence-corrected chi connectivity index (χ1v) is 12.4. The van der Waals surface area contributed by atoms with E-state index in [2.05, 4.69) is 21.1 Å². The summed E-state index contributed by atoms with van der Waals surface area (Å²) in [6.45, 7) is 8.46. The lowest BCUT2D eigenvalue weighted by molar-refractivity contribution is -0.155. The molecule has 1 saturated heterocycles. The summed E-state index contributed by atoms with van der Waals surface area (Å²) in [6.07, 6.45) is 1.38. The second kappa shape index (κ2) is 8.82. The van der Waals surface area contributed by atoms with Crippen molar-refractivity contribution in [1.29, 1.82) is 0 Å². The first-order chi connectivity index (χ1) is 14.8. The van der Waals surface area contributed by atoms with Gasteiger partial charge in [0.1, 0.15) is 17.9 Å². The minimum atomic E-state index is -3.71. The fourth-order valence-electron chi connectivity index (χ4n) is 3.42. The Morgan fingerprint density at radius 2 is 1.91 bits per heavy atom. The lowest BCUT2D eigenvalue weighted by Gasteiger charge is -2.45. The maximum absolute atomic E-state index is 12.8. The van der Waals surface area contributed by atoms with E-state index in [0.29, 0.717) is 5.71 Å². The zero-order valence-electron chi connectivity index (χ0n) is 18.5. The Labute approximate surface area is 196 Å². The van der Waals surface area contributed by atoms with Crippen LogP contribution in [0.15, 0.2) is 56.8 Å². The number of hydrogen-bond acceptors (Lipinski definition) is 7. The predicted molar refractivity (Wildman–Crippen MR) is 123 cm³/mol. The van der Waals surface area contributed by atoms with Crippen molar-refractivity contribution in [1.82, 2.24) is 4.90 Å². The number of amides is 1. The van der Waals surface area contributed by atoms with Crippen LogP contribution in [0.2, 0.25) is 0 Å². The fourth-order valence-corrected chi connectivity index (χ4v) is 5.66. The third-order valence-corrected chi connectivity index (χ3v) is 7.19. The van der Waals surface area contributed by atoms with Crippen molar-refractivity contribution in [3.63, 3.8) is 0 Å².